The molecule has 0 aliphatic carbocycles. The van der Waals surface area contributed by atoms with Crippen LogP contribution in [-0.4, -0.2) is 11.2 Å². The van der Waals surface area contributed by atoms with E-state index < -0.39 is 0 Å². The molecule has 0 aromatic heterocycles. The van der Waals surface area contributed by atoms with Gasteiger partial charge in [0.05, 0.1) is 11.2 Å². The van der Waals surface area contributed by atoms with Crippen molar-refractivity contribution in [2.75, 3.05) is 0 Å². The monoisotopic (exact) mass is 236 g/mol. The van der Waals surface area contributed by atoms with Crippen molar-refractivity contribution in [1.82, 2.24) is 0 Å². The van der Waals surface area contributed by atoms with Gasteiger partial charge in [-0.05, 0) is 67.2 Å². The van der Waals surface area contributed by atoms with E-state index in [0.29, 0.717) is 0 Å². The largest absolute Gasteiger partial charge is 0.363 e. The predicted molar refractivity (Wildman–Crippen MR) is 75.2 cm³/mol. The lowest BCUT2D eigenvalue weighted by molar-refractivity contribution is 0.277. The summed E-state index contributed by atoms with van der Waals surface area (Å²) in [5, 5.41) is 0. The first kappa shape index (κ1) is 14.5. The minimum Gasteiger partial charge on any atom is -0.363 e. The van der Waals surface area contributed by atoms with Crippen LogP contribution in [0.4, 0.5) is 0 Å². The molecule has 1 heteroatoms. The van der Waals surface area contributed by atoms with Gasteiger partial charge in [0.25, 0.3) is 0 Å². The third-order valence-corrected chi connectivity index (χ3v) is 4.23. The highest BCUT2D eigenvalue weighted by molar-refractivity contribution is 5.11. The van der Waals surface area contributed by atoms with E-state index in [1.807, 2.05) is 0 Å². The van der Waals surface area contributed by atoms with Crippen molar-refractivity contribution in [2.24, 2.45) is 0 Å². The first-order valence-electron chi connectivity index (χ1n) is 6.78. The maximum Gasteiger partial charge on any atom is 0.0949 e. The Morgan fingerprint density at radius 1 is 1.06 bits per heavy atom. The summed E-state index contributed by atoms with van der Waals surface area (Å²) in [6.45, 7) is 13.1. The summed E-state index contributed by atoms with van der Waals surface area (Å²) in [6.07, 6.45) is 9.24. The fourth-order valence-corrected chi connectivity index (χ4v) is 2.12. The lowest BCUT2D eigenvalue weighted by atomic mass is 9.91. The van der Waals surface area contributed by atoms with Gasteiger partial charge >= 0.3 is 0 Å². The standard InChI is InChI=1S/C16H28O/c1-7-13(2)9-8-10-14(3)11-12-16(6)15(4,5)17-16/h7,10H,8-9,11-12H2,1-6H3. The average molecular weight is 236 g/mol. The lowest BCUT2D eigenvalue weighted by Gasteiger charge is -2.09. The van der Waals surface area contributed by atoms with E-state index in [9.17, 15) is 0 Å². The number of hydrogen-bond donors (Lipinski definition) is 0. The highest BCUT2D eigenvalue weighted by atomic mass is 16.6. The molecule has 17 heavy (non-hydrogen) atoms. The highest BCUT2D eigenvalue weighted by Gasteiger charge is 2.59. The second-order valence-corrected chi connectivity index (χ2v) is 6.07. The molecule has 1 fully saturated rings. The quantitative estimate of drug-likeness (QED) is 0.465. The molecule has 0 spiro atoms. The van der Waals surface area contributed by atoms with Gasteiger partial charge in [-0.1, -0.05) is 23.3 Å². The Hall–Kier alpha value is -0.560. The second kappa shape index (κ2) is 5.39. The molecule has 0 radical (unpaired) electrons. The summed E-state index contributed by atoms with van der Waals surface area (Å²) < 4.78 is 5.77. The summed E-state index contributed by atoms with van der Waals surface area (Å²) in [5.41, 5.74) is 3.19. The SMILES string of the molecule is CC=C(C)CCC=C(C)CCC1(C)OC1(C)C. The molecule has 0 amide bonds. The normalized spacial score (nSPS) is 28.4. The minimum atomic E-state index is 0.0921. The van der Waals surface area contributed by atoms with E-state index in [1.54, 1.807) is 0 Å². The Kier molecular flexibility index (Phi) is 4.60. The Balaban J connectivity index is 2.26. The Morgan fingerprint density at radius 2 is 1.65 bits per heavy atom. The van der Waals surface area contributed by atoms with E-state index in [-0.39, 0.29) is 11.2 Å². The van der Waals surface area contributed by atoms with Crippen LogP contribution in [0, 0.1) is 0 Å². The molecule has 1 heterocycles. The molecule has 0 saturated carbocycles. The molecule has 0 aromatic carbocycles. The Labute approximate surface area is 107 Å². The van der Waals surface area contributed by atoms with Crippen molar-refractivity contribution in [1.29, 1.82) is 0 Å². The van der Waals surface area contributed by atoms with Crippen LogP contribution in [0.3, 0.4) is 0 Å². The number of allylic oxidation sites excluding steroid dienone is 4. The molecule has 1 nitrogen and oxygen atoms in total. The number of ether oxygens (including phenoxy) is 1. The van der Waals surface area contributed by atoms with E-state index in [0.717, 1.165) is 12.8 Å². The van der Waals surface area contributed by atoms with Crippen molar-refractivity contribution < 1.29 is 4.74 Å². The predicted octanol–water partition coefficient (Wildman–Crippen LogP) is 5.03. The molecule has 1 aliphatic rings. The number of epoxide rings is 1. The van der Waals surface area contributed by atoms with Gasteiger partial charge in [0.15, 0.2) is 0 Å². The zero-order chi connectivity index (χ0) is 13.1. The lowest BCUT2D eigenvalue weighted by Crippen LogP contribution is -2.16. The molecule has 0 aromatic rings. The molecule has 1 unspecified atom stereocenters. The average Bonchev–Trinajstić information content (AvgIpc) is 2.75. The van der Waals surface area contributed by atoms with Crippen molar-refractivity contribution in [3.8, 4) is 0 Å². The topological polar surface area (TPSA) is 12.5 Å². The van der Waals surface area contributed by atoms with Crippen LogP contribution in [0.1, 0.15) is 67.2 Å². The van der Waals surface area contributed by atoms with Crippen molar-refractivity contribution in [3.05, 3.63) is 23.3 Å². The van der Waals surface area contributed by atoms with Gasteiger partial charge in [0.2, 0.25) is 0 Å². The van der Waals surface area contributed by atoms with Gasteiger partial charge < -0.3 is 4.74 Å². The fraction of sp³-hybridized carbons (Fsp3) is 0.750. The van der Waals surface area contributed by atoms with Crippen LogP contribution in [0.25, 0.3) is 0 Å². The van der Waals surface area contributed by atoms with Gasteiger partial charge in [-0.2, -0.15) is 0 Å². The molecule has 1 saturated heterocycles. The van der Waals surface area contributed by atoms with E-state index in [2.05, 4.69) is 53.7 Å². The fourth-order valence-electron chi connectivity index (χ4n) is 2.12. The summed E-state index contributed by atoms with van der Waals surface area (Å²) in [7, 11) is 0. The van der Waals surface area contributed by atoms with Gasteiger partial charge in [-0.3, -0.25) is 0 Å². The third-order valence-electron chi connectivity index (χ3n) is 4.23. The summed E-state index contributed by atoms with van der Waals surface area (Å²) >= 11 is 0. The Morgan fingerprint density at radius 3 is 2.12 bits per heavy atom. The first-order chi connectivity index (χ1) is 7.81. The van der Waals surface area contributed by atoms with Gasteiger partial charge in [-0.25, -0.2) is 0 Å². The van der Waals surface area contributed by atoms with Gasteiger partial charge in [-0.15, -0.1) is 0 Å². The molecular formula is C16H28O. The van der Waals surface area contributed by atoms with Crippen LogP contribution in [0.5, 0.6) is 0 Å². The van der Waals surface area contributed by atoms with Crippen molar-refractivity contribution in [2.45, 2.75) is 78.4 Å². The highest BCUT2D eigenvalue weighted by Crippen LogP contribution is 2.50. The van der Waals surface area contributed by atoms with Crippen LogP contribution >= 0.6 is 0 Å². The zero-order valence-electron chi connectivity index (χ0n) is 12.4. The Bertz CT molecular complexity index is 322. The van der Waals surface area contributed by atoms with E-state index in [4.69, 9.17) is 4.74 Å². The maximum absolute atomic E-state index is 5.77. The number of rotatable bonds is 6. The van der Waals surface area contributed by atoms with E-state index in [1.165, 1.54) is 24.0 Å². The van der Waals surface area contributed by atoms with Crippen molar-refractivity contribution in [3.63, 3.8) is 0 Å². The van der Waals surface area contributed by atoms with Crippen LogP contribution in [0.15, 0.2) is 23.3 Å². The van der Waals surface area contributed by atoms with Crippen LogP contribution in [0.2, 0.25) is 0 Å². The van der Waals surface area contributed by atoms with Crippen LogP contribution < -0.4 is 0 Å². The first-order valence-corrected chi connectivity index (χ1v) is 6.78. The van der Waals surface area contributed by atoms with Gasteiger partial charge in [0, 0.05) is 0 Å². The third kappa shape index (κ3) is 3.99. The molecule has 0 bridgehead atoms. The maximum atomic E-state index is 5.77. The van der Waals surface area contributed by atoms with E-state index >= 15 is 0 Å². The molecule has 98 valence electrons. The zero-order valence-corrected chi connectivity index (χ0v) is 12.4. The van der Waals surface area contributed by atoms with Crippen LogP contribution in [-0.2, 0) is 4.74 Å². The molecule has 1 aliphatic heterocycles. The minimum absolute atomic E-state index is 0.0921. The molecule has 1 atom stereocenters. The molecule has 1 rings (SSSR count). The van der Waals surface area contributed by atoms with Crippen molar-refractivity contribution >= 4 is 0 Å². The van der Waals surface area contributed by atoms with Gasteiger partial charge in [0.1, 0.15) is 0 Å². The number of hydrogen-bond acceptors (Lipinski definition) is 1. The second-order valence-electron chi connectivity index (χ2n) is 6.07. The smallest absolute Gasteiger partial charge is 0.0949 e. The summed E-state index contributed by atoms with van der Waals surface area (Å²) in [4.78, 5) is 0. The molecule has 0 N–H and O–H groups in total. The molecular weight excluding hydrogens is 208 g/mol. The summed E-state index contributed by atoms with van der Waals surface area (Å²) in [6, 6.07) is 0. The summed E-state index contributed by atoms with van der Waals surface area (Å²) in [5.74, 6) is 0.